The van der Waals surface area contributed by atoms with Crippen molar-refractivity contribution < 1.29 is 9.53 Å². The van der Waals surface area contributed by atoms with Crippen molar-refractivity contribution in [2.45, 2.75) is 18.6 Å². The highest BCUT2D eigenvalue weighted by atomic mass is 16.5. The van der Waals surface area contributed by atoms with Crippen LogP contribution in [0, 0.1) is 0 Å². The number of likely N-dealkylation sites (tertiary alicyclic amines) is 1. The van der Waals surface area contributed by atoms with E-state index in [4.69, 9.17) is 4.74 Å². The summed E-state index contributed by atoms with van der Waals surface area (Å²) >= 11 is 0. The number of carbonyl (C=O) groups is 1. The van der Waals surface area contributed by atoms with E-state index < -0.39 is 0 Å². The van der Waals surface area contributed by atoms with Crippen molar-refractivity contribution in [3.8, 4) is 0 Å². The number of rotatable bonds is 1. The van der Waals surface area contributed by atoms with Gasteiger partial charge in [-0.15, -0.1) is 10.2 Å². The summed E-state index contributed by atoms with van der Waals surface area (Å²) in [5.74, 6) is -0.0212. The molecule has 14 heavy (non-hydrogen) atoms. The number of ether oxygens (including phenoxy) is 1. The Morgan fingerprint density at radius 3 is 3.14 bits per heavy atom. The minimum atomic E-state index is -0.158. The molecule has 2 aliphatic heterocycles. The SMILES string of the molecule is O=C(c1nn[nH]n1)N1CC2CC1CO2. The van der Waals surface area contributed by atoms with Gasteiger partial charge in [0.15, 0.2) is 0 Å². The minimum absolute atomic E-state index is 0.137. The predicted molar refractivity (Wildman–Crippen MR) is 43.4 cm³/mol. The highest BCUT2D eigenvalue weighted by Gasteiger charge is 2.42. The summed E-state index contributed by atoms with van der Waals surface area (Å²) in [6.07, 6.45) is 1.14. The fraction of sp³-hybridized carbons (Fsp3) is 0.714. The Hall–Kier alpha value is -1.50. The molecule has 7 heteroatoms. The van der Waals surface area contributed by atoms with E-state index in [0.717, 1.165) is 6.42 Å². The van der Waals surface area contributed by atoms with Gasteiger partial charge in [0.1, 0.15) is 0 Å². The van der Waals surface area contributed by atoms with Crippen LogP contribution in [-0.4, -0.2) is 56.7 Å². The fourth-order valence-electron chi connectivity index (χ4n) is 2.03. The molecule has 7 nitrogen and oxygen atoms in total. The van der Waals surface area contributed by atoms with E-state index in [1.807, 2.05) is 0 Å². The van der Waals surface area contributed by atoms with Crippen molar-refractivity contribution in [2.24, 2.45) is 0 Å². The third-order valence-corrected chi connectivity index (χ3v) is 2.70. The molecular weight excluding hydrogens is 186 g/mol. The number of amides is 1. The number of aromatic nitrogens is 4. The van der Waals surface area contributed by atoms with Crippen molar-refractivity contribution in [3.05, 3.63) is 5.82 Å². The summed E-state index contributed by atoms with van der Waals surface area (Å²) in [5, 5.41) is 13.0. The maximum Gasteiger partial charge on any atom is 0.295 e. The van der Waals surface area contributed by atoms with E-state index in [-0.39, 0.29) is 23.9 Å². The number of nitrogens with one attached hydrogen (secondary N) is 1. The topological polar surface area (TPSA) is 84.0 Å². The first-order valence-corrected chi connectivity index (χ1v) is 4.50. The lowest BCUT2D eigenvalue weighted by molar-refractivity contribution is 0.0252. The second-order valence-corrected chi connectivity index (χ2v) is 3.54. The molecular formula is C7H9N5O2. The number of morpholine rings is 1. The predicted octanol–water partition coefficient (Wildman–Crippen LogP) is -1.19. The van der Waals surface area contributed by atoms with Gasteiger partial charge in [-0.05, 0) is 11.6 Å². The van der Waals surface area contributed by atoms with Crippen LogP contribution in [0.3, 0.4) is 0 Å². The lowest BCUT2D eigenvalue weighted by Gasteiger charge is -2.25. The number of carbonyl (C=O) groups excluding carboxylic acids is 1. The number of aromatic amines is 1. The van der Waals surface area contributed by atoms with Crippen molar-refractivity contribution >= 4 is 5.91 Å². The van der Waals surface area contributed by atoms with Crippen LogP contribution in [0.25, 0.3) is 0 Å². The van der Waals surface area contributed by atoms with E-state index in [1.165, 1.54) is 0 Å². The zero-order valence-corrected chi connectivity index (χ0v) is 7.38. The second kappa shape index (κ2) is 2.74. The Labute approximate surface area is 79.4 Å². The van der Waals surface area contributed by atoms with E-state index in [0.29, 0.717) is 13.2 Å². The van der Waals surface area contributed by atoms with Crippen LogP contribution in [0.5, 0.6) is 0 Å². The highest BCUT2D eigenvalue weighted by molar-refractivity contribution is 5.90. The molecule has 0 aliphatic carbocycles. The van der Waals surface area contributed by atoms with Crippen LogP contribution in [-0.2, 0) is 4.74 Å². The van der Waals surface area contributed by atoms with Gasteiger partial charge in [0.2, 0.25) is 0 Å². The van der Waals surface area contributed by atoms with Gasteiger partial charge in [-0.25, -0.2) is 0 Å². The Morgan fingerprint density at radius 2 is 2.57 bits per heavy atom. The quantitative estimate of drug-likeness (QED) is 0.609. The molecule has 2 bridgehead atoms. The summed E-state index contributed by atoms with van der Waals surface area (Å²) in [6.45, 7) is 1.28. The van der Waals surface area contributed by atoms with Gasteiger partial charge >= 0.3 is 0 Å². The first kappa shape index (κ1) is 7.86. The molecule has 3 rings (SSSR count). The third kappa shape index (κ3) is 1.02. The van der Waals surface area contributed by atoms with Gasteiger partial charge in [0, 0.05) is 6.54 Å². The largest absolute Gasteiger partial charge is 0.374 e. The molecule has 2 saturated heterocycles. The first-order chi connectivity index (χ1) is 6.84. The molecule has 1 N–H and O–H groups in total. The number of hydrogen-bond donors (Lipinski definition) is 1. The molecule has 2 fully saturated rings. The highest BCUT2D eigenvalue weighted by Crippen LogP contribution is 2.28. The van der Waals surface area contributed by atoms with Crippen molar-refractivity contribution in [2.75, 3.05) is 13.2 Å². The molecule has 74 valence electrons. The van der Waals surface area contributed by atoms with E-state index in [2.05, 4.69) is 20.6 Å². The van der Waals surface area contributed by atoms with E-state index in [9.17, 15) is 4.79 Å². The van der Waals surface area contributed by atoms with Gasteiger partial charge < -0.3 is 9.64 Å². The Bertz CT molecular complexity index is 351. The molecule has 1 aromatic rings. The molecule has 1 aromatic heterocycles. The first-order valence-electron chi connectivity index (χ1n) is 4.50. The number of fused-ring (bicyclic) bond motifs is 2. The van der Waals surface area contributed by atoms with Gasteiger partial charge in [0.25, 0.3) is 11.7 Å². The molecule has 2 aliphatic rings. The number of hydrogen-bond acceptors (Lipinski definition) is 5. The normalized spacial score (nSPS) is 29.9. The summed E-state index contributed by atoms with van der Waals surface area (Å²) in [6, 6.07) is 0.200. The van der Waals surface area contributed by atoms with Crippen LogP contribution in [0.2, 0.25) is 0 Å². The number of H-pyrrole nitrogens is 1. The van der Waals surface area contributed by atoms with E-state index in [1.54, 1.807) is 4.90 Å². The molecule has 0 radical (unpaired) electrons. The Morgan fingerprint density at radius 1 is 1.64 bits per heavy atom. The summed E-state index contributed by atoms with van der Waals surface area (Å²) < 4.78 is 5.39. The van der Waals surface area contributed by atoms with E-state index >= 15 is 0 Å². The maximum absolute atomic E-state index is 11.8. The van der Waals surface area contributed by atoms with Crippen LogP contribution in [0.4, 0.5) is 0 Å². The van der Waals surface area contributed by atoms with Crippen molar-refractivity contribution in [1.29, 1.82) is 0 Å². The summed E-state index contributed by atoms with van der Waals surface area (Å²) in [5.41, 5.74) is 0. The molecule has 2 unspecified atom stereocenters. The minimum Gasteiger partial charge on any atom is -0.374 e. The number of tetrazole rings is 1. The van der Waals surface area contributed by atoms with Crippen LogP contribution >= 0.6 is 0 Å². The van der Waals surface area contributed by atoms with Crippen LogP contribution in [0.15, 0.2) is 0 Å². The molecule has 0 spiro atoms. The van der Waals surface area contributed by atoms with Crippen molar-refractivity contribution in [3.63, 3.8) is 0 Å². The number of nitrogens with zero attached hydrogens (tertiary/aromatic N) is 4. The van der Waals surface area contributed by atoms with Crippen molar-refractivity contribution in [1.82, 2.24) is 25.5 Å². The monoisotopic (exact) mass is 195 g/mol. The fourth-order valence-corrected chi connectivity index (χ4v) is 2.03. The molecule has 1 amide bonds. The molecule has 0 aromatic carbocycles. The second-order valence-electron chi connectivity index (χ2n) is 3.54. The molecule has 0 saturated carbocycles. The zero-order valence-electron chi connectivity index (χ0n) is 7.38. The summed E-state index contributed by atoms with van der Waals surface area (Å²) in [7, 11) is 0. The molecule has 3 heterocycles. The Balaban J connectivity index is 1.81. The van der Waals surface area contributed by atoms with Crippen LogP contribution < -0.4 is 0 Å². The molecule has 2 atom stereocenters. The summed E-state index contributed by atoms with van der Waals surface area (Å²) in [4.78, 5) is 13.5. The Kier molecular flexibility index (Phi) is 1.54. The zero-order chi connectivity index (χ0) is 9.54. The van der Waals surface area contributed by atoms with Gasteiger partial charge in [-0.2, -0.15) is 5.21 Å². The standard InChI is InChI=1S/C7H9N5O2/c13-7(6-8-10-11-9-6)12-2-5-1-4(12)3-14-5/h4-5H,1-3H2,(H,8,9,10,11). The third-order valence-electron chi connectivity index (χ3n) is 2.70. The smallest absolute Gasteiger partial charge is 0.295 e. The average Bonchev–Trinajstić information content (AvgIpc) is 2.93. The van der Waals surface area contributed by atoms with Gasteiger partial charge in [-0.1, -0.05) is 0 Å². The maximum atomic E-state index is 11.8. The lowest BCUT2D eigenvalue weighted by Crippen LogP contribution is -2.41. The average molecular weight is 195 g/mol. The van der Waals surface area contributed by atoms with Gasteiger partial charge in [-0.3, -0.25) is 4.79 Å². The lowest BCUT2D eigenvalue weighted by atomic mass is 10.2. The van der Waals surface area contributed by atoms with Gasteiger partial charge in [0.05, 0.1) is 18.8 Å². The van der Waals surface area contributed by atoms with Crippen LogP contribution in [0.1, 0.15) is 17.0 Å².